The third-order valence-corrected chi connectivity index (χ3v) is 4.20. The standard InChI is InChI=1S/C16H26N2O2/c1-12(14-6-8-18(2)9-7-14)20-16-10-13(11-17)4-5-15(16)19-3/h4-5,10,12,14H,6-9,11,17H2,1-3H3. The van der Waals surface area contributed by atoms with E-state index in [-0.39, 0.29) is 6.10 Å². The number of benzene rings is 1. The minimum absolute atomic E-state index is 0.200. The van der Waals surface area contributed by atoms with E-state index in [1.54, 1.807) is 7.11 Å². The predicted octanol–water partition coefficient (Wildman–Crippen LogP) is 2.26. The maximum atomic E-state index is 6.15. The number of hydrogen-bond acceptors (Lipinski definition) is 4. The van der Waals surface area contributed by atoms with Crippen molar-refractivity contribution in [2.45, 2.75) is 32.4 Å². The average molecular weight is 278 g/mol. The van der Waals surface area contributed by atoms with Crippen molar-refractivity contribution < 1.29 is 9.47 Å². The van der Waals surface area contributed by atoms with E-state index >= 15 is 0 Å². The molecule has 0 amide bonds. The molecule has 2 N–H and O–H groups in total. The second-order valence-electron chi connectivity index (χ2n) is 5.65. The number of hydrogen-bond donors (Lipinski definition) is 1. The van der Waals surface area contributed by atoms with Crippen LogP contribution >= 0.6 is 0 Å². The summed E-state index contributed by atoms with van der Waals surface area (Å²) in [6, 6.07) is 5.90. The molecule has 1 saturated heterocycles. The van der Waals surface area contributed by atoms with Crippen molar-refractivity contribution in [2.75, 3.05) is 27.2 Å². The zero-order valence-corrected chi connectivity index (χ0v) is 12.8. The molecule has 0 spiro atoms. The van der Waals surface area contributed by atoms with Crippen molar-refractivity contribution in [1.29, 1.82) is 0 Å². The summed E-state index contributed by atoms with van der Waals surface area (Å²) in [6.45, 7) is 4.98. The lowest BCUT2D eigenvalue weighted by atomic mass is 9.92. The Hall–Kier alpha value is -1.26. The third kappa shape index (κ3) is 3.64. The lowest BCUT2D eigenvalue weighted by Gasteiger charge is -2.33. The molecule has 1 aromatic carbocycles. The van der Waals surface area contributed by atoms with E-state index < -0.39 is 0 Å². The molecule has 0 radical (unpaired) electrons. The van der Waals surface area contributed by atoms with Gasteiger partial charge in [0.25, 0.3) is 0 Å². The Morgan fingerprint density at radius 3 is 2.60 bits per heavy atom. The maximum absolute atomic E-state index is 6.15. The molecule has 0 aliphatic carbocycles. The van der Waals surface area contributed by atoms with Crippen LogP contribution in [0.15, 0.2) is 18.2 Å². The first-order valence-electron chi connectivity index (χ1n) is 7.36. The van der Waals surface area contributed by atoms with Gasteiger partial charge in [-0.2, -0.15) is 0 Å². The summed E-state index contributed by atoms with van der Waals surface area (Å²) in [5, 5.41) is 0. The van der Waals surface area contributed by atoms with Gasteiger partial charge in [0.05, 0.1) is 13.2 Å². The Bertz CT molecular complexity index is 428. The molecule has 4 heteroatoms. The average Bonchev–Trinajstić information content (AvgIpc) is 2.47. The molecule has 1 heterocycles. The van der Waals surface area contributed by atoms with Gasteiger partial charge in [0, 0.05) is 6.54 Å². The van der Waals surface area contributed by atoms with Crippen LogP contribution in [0.5, 0.6) is 11.5 Å². The molecule has 1 aliphatic heterocycles. The highest BCUT2D eigenvalue weighted by Gasteiger charge is 2.24. The molecule has 1 fully saturated rings. The summed E-state index contributed by atoms with van der Waals surface area (Å²) < 4.78 is 11.5. The third-order valence-electron chi connectivity index (χ3n) is 4.20. The summed E-state index contributed by atoms with van der Waals surface area (Å²) in [5.74, 6) is 2.20. The Kier molecular flexibility index (Phi) is 5.26. The number of nitrogens with two attached hydrogens (primary N) is 1. The molecule has 1 aromatic rings. The highest BCUT2D eigenvalue weighted by molar-refractivity contribution is 5.43. The van der Waals surface area contributed by atoms with Gasteiger partial charge < -0.3 is 20.1 Å². The van der Waals surface area contributed by atoms with E-state index in [9.17, 15) is 0 Å². The van der Waals surface area contributed by atoms with Crippen molar-refractivity contribution in [2.24, 2.45) is 11.7 Å². The number of piperidine rings is 1. The van der Waals surface area contributed by atoms with Crippen LogP contribution in [0, 0.1) is 5.92 Å². The van der Waals surface area contributed by atoms with Crippen molar-refractivity contribution >= 4 is 0 Å². The van der Waals surface area contributed by atoms with Crippen LogP contribution in [-0.2, 0) is 6.54 Å². The van der Waals surface area contributed by atoms with Crippen molar-refractivity contribution in [3.8, 4) is 11.5 Å². The van der Waals surface area contributed by atoms with Crippen LogP contribution in [0.4, 0.5) is 0 Å². The van der Waals surface area contributed by atoms with Gasteiger partial charge in [0.15, 0.2) is 11.5 Å². The molecular weight excluding hydrogens is 252 g/mol. The van der Waals surface area contributed by atoms with Gasteiger partial charge in [-0.15, -0.1) is 0 Å². The second kappa shape index (κ2) is 6.95. The zero-order valence-electron chi connectivity index (χ0n) is 12.8. The van der Waals surface area contributed by atoms with E-state index in [1.807, 2.05) is 18.2 Å². The Balaban J connectivity index is 2.04. The van der Waals surface area contributed by atoms with Crippen LogP contribution in [0.3, 0.4) is 0 Å². The number of rotatable bonds is 5. The normalized spacial score (nSPS) is 18.8. The van der Waals surface area contributed by atoms with Gasteiger partial charge in [-0.1, -0.05) is 6.07 Å². The molecule has 0 saturated carbocycles. The van der Waals surface area contributed by atoms with Crippen molar-refractivity contribution in [3.63, 3.8) is 0 Å². The van der Waals surface area contributed by atoms with E-state index in [0.29, 0.717) is 12.5 Å². The van der Waals surface area contributed by atoms with E-state index in [4.69, 9.17) is 15.2 Å². The molecule has 0 aromatic heterocycles. The van der Waals surface area contributed by atoms with Gasteiger partial charge in [0.1, 0.15) is 0 Å². The molecular formula is C16H26N2O2. The van der Waals surface area contributed by atoms with E-state index in [1.165, 1.54) is 12.8 Å². The Labute approximate surface area is 121 Å². The minimum atomic E-state index is 0.200. The minimum Gasteiger partial charge on any atom is -0.493 e. The van der Waals surface area contributed by atoms with Crippen LogP contribution in [-0.4, -0.2) is 38.3 Å². The summed E-state index contributed by atoms with van der Waals surface area (Å²) in [4.78, 5) is 2.37. The van der Waals surface area contributed by atoms with Gasteiger partial charge in [-0.25, -0.2) is 0 Å². The fourth-order valence-corrected chi connectivity index (χ4v) is 2.73. The van der Waals surface area contributed by atoms with Crippen LogP contribution < -0.4 is 15.2 Å². The molecule has 1 atom stereocenters. The van der Waals surface area contributed by atoms with Crippen LogP contribution in [0.1, 0.15) is 25.3 Å². The van der Waals surface area contributed by atoms with Gasteiger partial charge in [0.2, 0.25) is 0 Å². The van der Waals surface area contributed by atoms with Crippen molar-refractivity contribution in [1.82, 2.24) is 4.90 Å². The summed E-state index contributed by atoms with van der Waals surface area (Å²) >= 11 is 0. The first-order valence-corrected chi connectivity index (χ1v) is 7.36. The highest BCUT2D eigenvalue weighted by atomic mass is 16.5. The summed E-state index contributed by atoms with van der Waals surface area (Å²) in [6.07, 6.45) is 2.58. The monoisotopic (exact) mass is 278 g/mol. The summed E-state index contributed by atoms with van der Waals surface area (Å²) in [7, 11) is 3.85. The molecule has 112 valence electrons. The molecule has 4 nitrogen and oxygen atoms in total. The lowest BCUT2D eigenvalue weighted by molar-refractivity contribution is 0.0951. The van der Waals surface area contributed by atoms with Gasteiger partial charge in [-0.3, -0.25) is 0 Å². The number of nitrogens with zero attached hydrogens (tertiary/aromatic N) is 1. The van der Waals surface area contributed by atoms with Gasteiger partial charge in [-0.05, 0) is 63.5 Å². The quantitative estimate of drug-likeness (QED) is 0.897. The largest absolute Gasteiger partial charge is 0.493 e. The lowest BCUT2D eigenvalue weighted by Crippen LogP contribution is -2.36. The first kappa shape index (κ1) is 15.1. The fraction of sp³-hybridized carbons (Fsp3) is 0.625. The predicted molar refractivity (Wildman–Crippen MR) is 81.2 cm³/mol. The topological polar surface area (TPSA) is 47.7 Å². The Morgan fingerprint density at radius 2 is 2.00 bits per heavy atom. The first-order chi connectivity index (χ1) is 9.63. The van der Waals surface area contributed by atoms with Crippen LogP contribution in [0.2, 0.25) is 0 Å². The van der Waals surface area contributed by atoms with Gasteiger partial charge >= 0.3 is 0 Å². The number of ether oxygens (including phenoxy) is 2. The van der Waals surface area contributed by atoms with E-state index in [0.717, 1.165) is 30.2 Å². The molecule has 1 unspecified atom stereocenters. The summed E-state index contributed by atoms with van der Waals surface area (Å²) in [5.41, 5.74) is 6.76. The molecule has 1 aliphatic rings. The maximum Gasteiger partial charge on any atom is 0.161 e. The van der Waals surface area contributed by atoms with Crippen LogP contribution in [0.25, 0.3) is 0 Å². The number of methoxy groups -OCH3 is 1. The SMILES string of the molecule is COc1ccc(CN)cc1OC(C)C1CCN(C)CC1. The zero-order chi connectivity index (χ0) is 14.5. The fourth-order valence-electron chi connectivity index (χ4n) is 2.73. The highest BCUT2D eigenvalue weighted by Crippen LogP contribution is 2.31. The Morgan fingerprint density at radius 1 is 1.30 bits per heavy atom. The number of likely N-dealkylation sites (tertiary alicyclic amines) is 1. The van der Waals surface area contributed by atoms with E-state index in [2.05, 4.69) is 18.9 Å². The van der Waals surface area contributed by atoms with Crippen molar-refractivity contribution in [3.05, 3.63) is 23.8 Å². The second-order valence-corrected chi connectivity index (χ2v) is 5.65. The molecule has 2 rings (SSSR count). The molecule has 20 heavy (non-hydrogen) atoms. The molecule has 0 bridgehead atoms. The smallest absolute Gasteiger partial charge is 0.161 e.